The molecule has 2 aromatic rings. The number of carbonyl (C=O) groups is 1. The summed E-state index contributed by atoms with van der Waals surface area (Å²) in [6, 6.07) is 12.4. The molecule has 98 valence electrons. The summed E-state index contributed by atoms with van der Waals surface area (Å²) < 4.78 is 13.2. The van der Waals surface area contributed by atoms with Crippen molar-refractivity contribution in [3.05, 3.63) is 70.5 Å². The molecule has 0 spiro atoms. The molecule has 0 fully saturated rings. The molecule has 0 radical (unpaired) electrons. The highest BCUT2D eigenvalue weighted by molar-refractivity contribution is 5.83. The second-order valence-corrected chi connectivity index (χ2v) is 4.89. The highest BCUT2D eigenvalue weighted by atomic mass is 19.1. The summed E-state index contributed by atoms with van der Waals surface area (Å²) in [6.45, 7) is 3.89. The second-order valence-electron chi connectivity index (χ2n) is 4.89. The standard InChI is InChI=1S/C17H17FO/c1-12-5-3-4-6-14(12)10-17(19)11-15-9-16(18)8-7-13(15)2/h3-9H,10-11H2,1-2H3. The van der Waals surface area contributed by atoms with Crippen LogP contribution in [0.15, 0.2) is 42.5 Å². The Morgan fingerprint density at radius 2 is 1.58 bits per heavy atom. The predicted molar refractivity (Wildman–Crippen MR) is 74.7 cm³/mol. The summed E-state index contributed by atoms with van der Waals surface area (Å²) >= 11 is 0. The van der Waals surface area contributed by atoms with Crippen LogP contribution in [0.2, 0.25) is 0 Å². The molecule has 19 heavy (non-hydrogen) atoms. The van der Waals surface area contributed by atoms with Gasteiger partial charge in [0.2, 0.25) is 0 Å². The van der Waals surface area contributed by atoms with E-state index >= 15 is 0 Å². The van der Waals surface area contributed by atoms with E-state index in [1.807, 2.05) is 38.1 Å². The van der Waals surface area contributed by atoms with E-state index in [9.17, 15) is 9.18 Å². The van der Waals surface area contributed by atoms with E-state index in [4.69, 9.17) is 0 Å². The van der Waals surface area contributed by atoms with Crippen LogP contribution in [0.25, 0.3) is 0 Å². The maximum Gasteiger partial charge on any atom is 0.141 e. The molecule has 1 nitrogen and oxygen atoms in total. The van der Waals surface area contributed by atoms with Crippen LogP contribution in [-0.4, -0.2) is 5.78 Å². The normalized spacial score (nSPS) is 10.5. The number of aryl methyl sites for hydroxylation is 2. The van der Waals surface area contributed by atoms with E-state index in [2.05, 4.69) is 0 Å². The molecular weight excluding hydrogens is 239 g/mol. The number of hydrogen-bond donors (Lipinski definition) is 0. The van der Waals surface area contributed by atoms with Crippen molar-refractivity contribution in [2.75, 3.05) is 0 Å². The van der Waals surface area contributed by atoms with Crippen LogP contribution in [0.1, 0.15) is 22.3 Å². The van der Waals surface area contributed by atoms with E-state index in [0.717, 1.165) is 22.3 Å². The van der Waals surface area contributed by atoms with E-state index in [1.54, 1.807) is 6.07 Å². The van der Waals surface area contributed by atoms with E-state index in [0.29, 0.717) is 6.42 Å². The zero-order valence-corrected chi connectivity index (χ0v) is 11.2. The zero-order valence-electron chi connectivity index (χ0n) is 11.2. The second kappa shape index (κ2) is 5.79. The average molecular weight is 256 g/mol. The molecular formula is C17H17FO. The van der Waals surface area contributed by atoms with Gasteiger partial charge < -0.3 is 0 Å². The molecule has 0 unspecified atom stereocenters. The van der Waals surface area contributed by atoms with Crippen molar-refractivity contribution in [3.8, 4) is 0 Å². The lowest BCUT2D eigenvalue weighted by molar-refractivity contribution is -0.117. The van der Waals surface area contributed by atoms with Crippen molar-refractivity contribution in [1.82, 2.24) is 0 Å². The van der Waals surface area contributed by atoms with Gasteiger partial charge in [-0.1, -0.05) is 30.3 Å². The lowest BCUT2D eigenvalue weighted by atomic mass is 9.97. The van der Waals surface area contributed by atoms with Crippen molar-refractivity contribution >= 4 is 5.78 Å². The van der Waals surface area contributed by atoms with Gasteiger partial charge in [-0.15, -0.1) is 0 Å². The van der Waals surface area contributed by atoms with Gasteiger partial charge in [-0.2, -0.15) is 0 Å². The molecule has 0 heterocycles. The van der Waals surface area contributed by atoms with Crippen LogP contribution in [0.3, 0.4) is 0 Å². The monoisotopic (exact) mass is 256 g/mol. The van der Waals surface area contributed by atoms with Crippen molar-refractivity contribution in [3.63, 3.8) is 0 Å². The summed E-state index contributed by atoms with van der Waals surface area (Å²) in [5.41, 5.74) is 3.89. The quantitative estimate of drug-likeness (QED) is 0.813. The number of ketones is 1. The first kappa shape index (κ1) is 13.5. The van der Waals surface area contributed by atoms with E-state index in [1.165, 1.54) is 12.1 Å². The van der Waals surface area contributed by atoms with Crippen LogP contribution in [0.4, 0.5) is 4.39 Å². The topological polar surface area (TPSA) is 17.1 Å². The number of benzene rings is 2. The molecule has 0 saturated carbocycles. The number of Topliss-reactive ketones (excluding diaryl/α,β-unsaturated/α-hetero) is 1. The fourth-order valence-corrected chi connectivity index (χ4v) is 2.13. The summed E-state index contributed by atoms with van der Waals surface area (Å²) in [4.78, 5) is 12.1. The molecule has 0 N–H and O–H groups in total. The first-order valence-electron chi connectivity index (χ1n) is 6.37. The molecule has 2 aromatic carbocycles. The third-order valence-electron chi connectivity index (χ3n) is 3.35. The van der Waals surface area contributed by atoms with Gasteiger partial charge in [-0.05, 0) is 48.2 Å². The van der Waals surface area contributed by atoms with Crippen molar-refractivity contribution in [1.29, 1.82) is 0 Å². The third-order valence-corrected chi connectivity index (χ3v) is 3.35. The summed E-state index contributed by atoms with van der Waals surface area (Å²) in [6.07, 6.45) is 0.695. The van der Waals surface area contributed by atoms with E-state index < -0.39 is 0 Å². The Morgan fingerprint density at radius 1 is 0.947 bits per heavy atom. The summed E-state index contributed by atoms with van der Waals surface area (Å²) in [5.74, 6) is -0.174. The number of carbonyl (C=O) groups excluding carboxylic acids is 1. The van der Waals surface area contributed by atoms with Crippen molar-refractivity contribution in [2.24, 2.45) is 0 Å². The van der Waals surface area contributed by atoms with E-state index in [-0.39, 0.29) is 18.0 Å². The Hall–Kier alpha value is -1.96. The highest BCUT2D eigenvalue weighted by Crippen LogP contribution is 2.14. The van der Waals surface area contributed by atoms with Crippen molar-refractivity contribution < 1.29 is 9.18 Å². The Balaban J connectivity index is 2.10. The maximum absolute atomic E-state index is 13.2. The van der Waals surface area contributed by atoms with Crippen LogP contribution < -0.4 is 0 Å². The smallest absolute Gasteiger partial charge is 0.141 e. The molecule has 0 bridgehead atoms. The number of hydrogen-bond acceptors (Lipinski definition) is 1. The van der Waals surface area contributed by atoms with Gasteiger partial charge in [-0.3, -0.25) is 4.79 Å². The fraction of sp³-hybridized carbons (Fsp3) is 0.235. The molecule has 2 rings (SSSR count). The van der Waals surface area contributed by atoms with Crippen molar-refractivity contribution in [2.45, 2.75) is 26.7 Å². The lowest BCUT2D eigenvalue weighted by Gasteiger charge is -2.07. The molecule has 0 atom stereocenters. The highest BCUT2D eigenvalue weighted by Gasteiger charge is 2.09. The minimum Gasteiger partial charge on any atom is -0.299 e. The van der Waals surface area contributed by atoms with Gasteiger partial charge >= 0.3 is 0 Å². The Kier molecular flexibility index (Phi) is 4.10. The first-order valence-corrected chi connectivity index (χ1v) is 6.37. The number of rotatable bonds is 4. The minimum atomic E-state index is -0.288. The zero-order chi connectivity index (χ0) is 13.8. The number of halogens is 1. The van der Waals surface area contributed by atoms with Crippen LogP contribution in [0, 0.1) is 19.7 Å². The Labute approximate surface area is 113 Å². The van der Waals surface area contributed by atoms with Crippen LogP contribution in [-0.2, 0) is 17.6 Å². The third kappa shape index (κ3) is 3.50. The Morgan fingerprint density at radius 3 is 2.32 bits per heavy atom. The van der Waals surface area contributed by atoms with Gasteiger partial charge in [-0.25, -0.2) is 4.39 Å². The first-order chi connectivity index (χ1) is 9.06. The average Bonchev–Trinajstić information content (AvgIpc) is 2.37. The van der Waals surface area contributed by atoms with Gasteiger partial charge in [0.05, 0.1) is 0 Å². The summed E-state index contributed by atoms with van der Waals surface area (Å²) in [5, 5.41) is 0. The molecule has 0 aliphatic rings. The van der Waals surface area contributed by atoms with Gasteiger partial charge in [0, 0.05) is 12.8 Å². The van der Waals surface area contributed by atoms with Crippen LogP contribution in [0.5, 0.6) is 0 Å². The Bertz CT molecular complexity index is 602. The largest absolute Gasteiger partial charge is 0.299 e. The van der Waals surface area contributed by atoms with Gasteiger partial charge in [0.15, 0.2) is 0 Å². The molecule has 0 saturated heterocycles. The molecule has 0 aliphatic heterocycles. The summed E-state index contributed by atoms with van der Waals surface area (Å²) in [7, 11) is 0. The fourth-order valence-electron chi connectivity index (χ4n) is 2.13. The lowest BCUT2D eigenvalue weighted by Crippen LogP contribution is -2.08. The SMILES string of the molecule is Cc1ccccc1CC(=O)Cc1cc(F)ccc1C. The van der Waals surface area contributed by atoms with Crippen LogP contribution >= 0.6 is 0 Å². The predicted octanol–water partition coefficient (Wildman–Crippen LogP) is 3.80. The molecule has 0 aliphatic carbocycles. The minimum absolute atomic E-state index is 0.114. The van der Waals surface area contributed by atoms with Gasteiger partial charge in [0.25, 0.3) is 0 Å². The molecule has 2 heteroatoms. The van der Waals surface area contributed by atoms with Gasteiger partial charge in [0.1, 0.15) is 11.6 Å². The molecule has 0 aromatic heterocycles. The maximum atomic E-state index is 13.2. The molecule has 0 amide bonds.